The van der Waals surface area contributed by atoms with Gasteiger partial charge < -0.3 is 10.1 Å². The molecular weight excluding hydrogens is 234 g/mol. The van der Waals surface area contributed by atoms with Gasteiger partial charge in [-0.1, -0.05) is 43.7 Å². The molecule has 0 radical (unpaired) electrons. The zero-order chi connectivity index (χ0) is 13.5. The lowest BCUT2D eigenvalue weighted by atomic mass is 10.1. The highest BCUT2D eigenvalue weighted by atomic mass is 16.5. The van der Waals surface area contributed by atoms with Crippen LogP contribution in [0, 0.1) is 0 Å². The number of rotatable bonds is 6. The van der Waals surface area contributed by atoms with E-state index >= 15 is 0 Å². The molecule has 0 amide bonds. The maximum absolute atomic E-state index is 5.34. The van der Waals surface area contributed by atoms with Gasteiger partial charge in [-0.05, 0) is 30.2 Å². The quantitative estimate of drug-likeness (QED) is 0.832. The summed E-state index contributed by atoms with van der Waals surface area (Å²) in [6.07, 6.45) is 2.33. The van der Waals surface area contributed by atoms with E-state index in [9.17, 15) is 0 Å². The first-order valence-corrected chi connectivity index (χ1v) is 6.78. The van der Waals surface area contributed by atoms with E-state index in [1.807, 2.05) is 18.2 Å². The average molecular weight is 255 g/mol. The first kappa shape index (κ1) is 13.5. The molecule has 0 fully saturated rings. The normalized spacial score (nSPS) is 10.2. The third-order valence-corrected chi connectivity index (χ3v) is 3.17. The molecule has 2 heteroatoms. The number of aryl methyl sites for hydroxylation is 1. The number of nitrogens with one attached hydrogen (secondary N) is 1. The average Bonchev–Trinajstić information content (AvgIpc) is 2.47. The van der Waals surface area contributed by atoms with Crippen LogP contribution in [-0.4, -0.2) is 7.11 Å². The van der Waals surface area contributed by atoms with Crippen molar-refractivity contribution in [3.05, 3.63) is 59.7 Å². The van der Waals surface area contributed by atoms with E-state index in [2.05, 4.69) is 42.6 Å². The van der Waals surface area contributed by atoms with Crippen LogP contribution in [0.1, 0.15) is 24.5 Å². The van der Waals surface area contributed by atoms with Gasteiger partial charge in [0.2, 0.25) is 0 Å². The minimum absolute atomic E-state index is 0.775. The molecule has 2 aromatic rings. The summed E-state index contributed by atoms with van der Waals surface area (Å²) in [6, 6.07) is 16.7. The number of ether oxygens (including phenoxy) is 1. The number of benzene rings is 2. The Hall–Kier alpha value is -1.96. The van der Waals surface area contributed by atoms with Gasteiger partial charge in [-0.3, -0.25) is 0 Å². The van der Waals surface area contributed by atoms with Crippen molar-refractivity contribution < 1.29 is 4.74 Å². The van der Waals surface area contributed by atoms with Crippen LogP contribution in [0.15, 0.2) is 48.5 Å². The topological polar surface area (TPSA) is 21.3 Å². The van der Waals surface area contributed by atoms with E-state index in [0.717, 1.165) is 24.4 Å². The van der Waals surface area contributed by atoms with Crippen LogP contribution in [0.25, 0.3) is 0 Å². The summed E-state index contributed by atoms with van der Waals surface area (Å²) in [7, 11) is 1.71. The molecule has 100 valence electrons. The summed E-state index contributed by atoms with van der Waals surface area (Å²) in [6.45, 7) is 2.98. The van der Waals surface area contributed by atoms with E-state index in [4.69, 9.17) is 4.74 Å². The lowest BCUT2D eigenvalue weighted by molar-refractivity contribution is 0.410. The second kappa shape index (κ2) is 6.83. The van der Waals surface area contributed by atoms with E-state index in [0.29, 0.717) is 0 Å². The van der Waals surface area contributed by atoms with Gasteiger partial charge >= 0.3 is 0 Å². The summed E-state index contributed by atoms with van der Waals surface area (Å²) in [5.41, 5.74) is 3.71. The van der Waals surface area contributed by atoms with Crippen molar-refractivity contribution in [2.75, 3.05) is 12.4 Å². The van der Waals surface area contributed by atoms with Crippen LogP contribution in [0.3, 0.4) is 0 Å². The third-order valence-electron chi connectivity index (χ3n) is 3.17. The van der Waals surface area contributed by atoms with Crippen LogP contribution >= 0.6 is 0 Å². The number of anilines is 1. The van der Waals surface area contributed by atoms with Crippen LogP contribution in [-0.2, 0) is 13.0 Å². The zero-order valence-corrected chi connectivity index (χ0v) is 11.6. The molecule has 2 rings (SSSR count). The van der Waals surface area contributed by atoms with Gasteiger partial charge in [0, 0.05) is 17.8 Å². The van der Waals surface area contributed by atoms with Crippen molar-refractivity contribution in [2.45, 2.75) is 26.3 Å². The Morgan fingerprint density at radius 1 is 1.00 bits per heavy atom. The largest absolute Gasteiger partial charge is 0.496 e. The monoisotopic (exact) mass is 255 g/mol. The molecule has 2 nitrogen and oxygen atoms in total. The Labute approximate surface area is 115 Å². The Kier molecular flexibility index (Phi) is 4.85. The summed E-state index contributed by atoms with van der Waals surface area (Å²) in [5.74, 6) is 0.928. The van der Waals surface area contributed by atoms with E-state index < -0.39 is 0 Å². The predicted octanol–water partition coefficient (Wildman–Crippen LogP) is 4.26. The van der Waals surface area contributed by atoms with E-state index in [1.54, 1.807) is 7.11 Å². The van der Waals surface area contributed by atoms with Crippen molar-refractivity contribution in [2.24, 2.45) is 0 Å². The molecule has 0 aliphatic rings. The van der Waals surface area contributed by atoms with Gasteiger partial charge in [0.25, 0.3) is 0 Å². The first-order chi connectivity index (χ1) is 9.33. The van der Waals surface area contributed by atoms with E-state index in [1.165, 1.54) is 17.5 Å². The molecule has 0 spiro atoms. The second-order valence-corrected chi connectivity index (χ2v) is 4.61. The van der Waals surface area contributed by atoms with Gasteiger partial charge in [-0.25, -0.2) is 0 Å². The first-order valence-electron chi connectivity index (χ1n) is 6.78. The molecule has 0 heterocycles. The minimum atomic E-state index is 0.775. The van der Waals surface area contributed by atoms with Crippen molar-refractivity contribution in [3.63, 3.8) is 0 Å². The Balaban J connectivity index is 1.98. The Bertz CT molecular complexity index is 505. The van der Waals surface area contributed by atoms with Gasteiger partial charge in [-0.15, -0.1) is 0 Å². The predicted molar refractivity (Wildman–Crippen MR) is 80.8 cm³/mol. The molecule has 1 N–H and O–H groups in total. The highest BCUT2D eigenvalue weighted by Gasteiger charge is 2.01. The molecule has 2 aromatic carbocycles. The van der Waals surface area contributed by atoms with Crippen molar-refractivity contribution >= 4 is 5.69 Å². The molecule has 0 aliphatic heterocycles. The SMILES string of the molecule is CCCc1ccc(NCc2ccccc2OC)cc1. The van der Waals surface area contributed by atoms with Crippen LogP contribution < -0.4 is 10.1 Å². The number of hydrogen-bond donors (Lipinski definition) is 1. The number of para-hydroxylation sites is 1. The lowest BCUT2D eigenvalue weighted by Gasteiger charge is -2.10. The van der Waals surface area contributed by atoms with Crippen molar-refractivity contribution in [1.29, 1.82) is 0 Å². The Morgan fingerprint density at radius 3 is 2.42 bits per heavy atom. The molecule has 0 bridgehead atoms. The summed E-state index contributed by atoms with van der Waals surface area (Å²) < 4.78 is 5.34. The lowest BCUT2D eigenvalue weighted by Crippen LogP contribution is -2.01. The molecule has 0 aromatic heterocycles. The molecule has 0 aliphatic carbocycles. The fourth-order valence-electron chi connectivity index (χ4n) is 2.12. The Morgan fingerprint density at radius 2 is 1.74 bits per heavy atom. The van der Waals surface area contributed by atoms with Crippen molar-refractivity contribution in [3.8, 4) is 5.75 Å². The standard InChI is InChI=1S/C17H21NO/c1-3-6-14-9-11-16(12-10-14)18-13-15-7-4-5-8-17(15)19-2/h4-5,7-12,18H,3,6,13H2,1-2H3. The van der Waals surface area contributed by atoms with Gasteiger partial charge in [0.15, 0.2) is 0 Å². The van der Waals surface area contributed by atoms with Crippen LogP contribution in [0.5, 0.6) is 5.75 Å². The third kappa shape index (κ3) is 3.75. The smallest absolute Gasteiger partial charge is 0.123 e. The fourth-order valence-corrected chi connectivity index (χ4v) is 2.12. The van der Waals surface area contributed by atoms with Crippen LogP contribution in [0.2, 0.25) is 0 Å². The van der Waals surface area contributed by atoms with Crippen LogP contribution in [0.4, 0.5) is 5.69 Å². The summed E-state index contributed by atoms with van der Waals surface area (Å²) >= 11 is 0. The molecule has 0 atom stereocenters. The molecule has 0 saturated carbocycles. The number of hydrogen-bond acceptors (Lipinski definition) is 2. The summed E-state index contributed by atoms with van der Waals surface area (Å²) in [5, 5.41) is 3.42. The molecule has 19 heavy (non-hydrogen) atoms. The zero-order valence-electron chi connectivity index (χ0n) is 11.6. The maximum Gasteiger partial charge on any atom is 0.123 e. The maximum atomic E-state index is 5.34. The molecule has 0 unspecified atom stereocenters. The van der Waals surface area contributed by atoms with Gasteiger partial charge in [0.1, 0.15) is 5.75 Å². The highest BCUT2D eigenvalue weighted by Crippen LogP contribution is 2.19. The molecular formula is C17H21NO. The highest BCUT2D eigenvalue weighted by molar-refractivity contribution is 5.46. The fraction of sp³-hybridized carbons (Fsp3) is 0.294. The summed E-state index contributed by atoms with van der Waals surface area (Å²) in [4.78, 5) is 0. The van der Waals surface area contributed by atoms with Gasteiger partial charge in [0.05, 0.1) is 7.11 Å². The van der Waals surface area contributed by atoms with Crippen molar-refractivity contribution in [1.82, 2.24) is 0 Å². The second-order valence-electron chi connectivity index (χ2n) is 4.61. The minimum Gasteiger partial charge on any atom is -0.496 e. The van der Waals surface area contributed by atoms with E-state index in [-0.39, 0.29) is 0 Å². The van der Waals surface area contributed by atoms with Gasteiger partial charge in [-0.2, -0.15) is 0 Å². The molecule has 0 saturated heterocycles. The number of methoxy groups -OCH3 is 1.